The molecule has 0 unspecified atom stereocenters. The van der Waals surface area contributed by atoms with Crippen molar-refractivity contribution in [2.24, 2.45) is 5.92 Å². The average Bonchev–Trinajstić information content (AvgIpc) is 2.71. The molecule has 0 aromatic heterocycles. The first-order valence-corrected chi connectivity index (χ1v) is 10.1. The number of hydrogen-bond donors (Lipinski definition) is 1. The minimum absolute atomic E-state index is 0.137. The van der Waals surface area contributed by atoms with Gasteiger partial charge in [0.25, 0.3) is 0 Å². The Balaban J connectivity index is 2.20. The summed E-state index contributed by atoms with van der Waals surface area (Å²) in [5.74, 6) is 0.754. The second-order valence-corrected chi connectivity index (χ2v) is 7.86. The van der Waals surface area contributed by atoms with Crippen LogP contribution in [0.25, 0.3) is 0 Å². The maximum atomic E-state index is 13.1. The van der Waals surface area contributed by atoms with Gasteiger partial charge in [-0.1, -0.05) is 55.8 Å². The van der Waals surface area contributed by atoms with E-state index in [2.05, 4.69) is 5.32 Å². The van der Waals surface area contributed by atoms with E-state index >= 15 is 0 Å². The first kappa shape index (κ1) is 22.8. The van der Waals surface area contributed by atoms with Gasteiger partial charge in [-0.3, -0.25) is 9.59 Å². The van der Waals surface area contributed by atoms with Gasteiger partial charge in [-0.15, -0.1) is 0 Å². The Hall–Kier alpha value is -2.53. The van der Waals surface area contributed by atoms with Crippen LogP contribution in [0.3, 0.4) is 0 Å². The van der Waals surface area contributed by atoms with Crippen molar-refractivity contribution in [3.8, 4) is 5.75 Å². The molecule has 0 spiro atoms. The van der Waals surface area contributed by atoms with Gasteiger partial charge < -0.3 is 15.0 Å². The fraction of sp³-hybridized carbons (Fsp3) is 0.391. The molecule has 0 bridgehead atoms. The Labute approximate surface area is 178 Å². The summed E-state index contributed by atoms with van der Waals surface area (Å²) in [6, 6.07) is 14.1. The zero-order valence-electron chi connectivity index (χ0n) is 17.4. The van der Waals surface area contributed by atoms with Gasteiger partial charge in [-0.25, -0.2) is 0 Å². The second-order valence-electron chi connectivity index (χ2n) is 7.45. The first-order valence-electron chi connectivity index (χ1n) is 9.75. The minimum Gasteiger partial charge on any atom is -0.497 e. The quantitative estimate of drug-likeness (QED) is 0.670. The first-order chi connectivity index (χ1) is 13.8. The summed E-state index contributed by atoms with van der Waals surface area (Å²) in [6.45, 7) is 6.64. The van der Waals surface area contributed by atoms with Gasteiger partial charge in [-0.05, 0) is 42.2 Å². The number of carbonyl (C=O) groups is 2. The third kappa shape index (κ3) is 6.79. The molecule has 0 radical (unpaired) electrons. The maximum absolute atomic E-state index is 13.1. The van der Waals surface area contributed by atoms with Crippen LogP contribution in [0.2, 0.25) is 5.02 Å². The molecule has 2 aromatic rings. The average molecular weight is 417 g/mol. The van der Waals surface area contributed by atoms with Crippen LogP contribution in [0.4, 0.5) is 0 Å². The molecule has 2 aromatic carbocycles. The monoisotopic (exact) mass is 416 g/mol. The van der Waals surface area contributed by atoms with E-state index in [9.17, 15) is 9.59 Å². The van der Waals surface area contributed by atoms with Crippen LogP contribution in [0.15, 0.2) is 48.5 Å². The fourth-order valence-corrected chi connectivity index (χ4v) is 3.06. The highest BCUT2D eigenvalue weighted by atomic mass is 35.5. The highest BCUT2D eigenvalue weighted by Gasteiger charge is 2.26. The predicted molar refractivity (Wildman–Crippen MR) is 116 cm³/mol. The molecular formula is C23H29ClN2O3. The van der Waals surface area contributed by atoms with Gasteiger partial charge in [0.2, 0.25) is 11.8 Å². The molecular weight excluding hydrogens is 388 g/mol. The highest BCUT2D eigenvalue weighted by Crippen LogP contribution is 2.20. The molecule has 0 fully saturated rings. The molecule has 29 heavy (non-hydrogen) atoms. The second kappa shape index (κ2) is 10.9. The van der Waals surface area contributed by atoms with Crippen LogP contribution in [0.5, 0.6) is 5.75 Å². The molecule has 0 aliphatic heterocycles. The SMILES string of the molecule is COc1ccc(CC(=O)N(Cc2ccccc2Cl)[C@H](C)C(=O)NCC(C)C)cc1. The number of nitrogens with one attached hydrogen (secondary N) is 1. The Morgan fingerprint density at radius 2 is 1.72 bits per heavy atom. The van der Waals surface area contributed by atoms with Crippen molar-refractivity contribution in [1.29, 1.82) is 0 Å². The molecule has 0 saturated carbocycles. The predicted octanol–water partition coefficient (Wildman–Crippen LogP) is 4.08. The van der Waals surface area contributed by atoms with E-state index in [-0.39, 0.29) is 24.8 Å². The molecule has 0 aliphatic rings. The van der Waals surface area contributed by atoms with E-state index in [1.54, 1.807) is 25.0 Å². The van der Waals surface area contributed by atoms with Crippen LogP contribution in [-0.4, -0.2) is 36.4 Å². The Bertz CT molecular complexity index is 821. The smallest absolute Gasteiger partial charge is 0.242 e. The third-order valence-electron chi connectivity index (χ3n) is 4.66. The number of nitrogens with zero attached hydrogens (tertiary/aromatic N) is 1. The van der Waals surface area contributed by atoms with Crippen LogP contribution in [0, 0.1) is 5.92 Å². The number of hydrogen-bond acceptors (Lipinski definition) is 3. The van der Waals surface area contributed by atoms with Gasteiger partial charge >= 0.3 is 0 Å². The van der Waals surface area contributed by atoms with Crippen molar-refractivity contribution in [1.82, 2.24) is 10.2 Å². The maximum Gasteiger partial charge on any atom is 0.242 e. The lowest BCUT2D eigenvalue weighted by Crippen LogP contribution is -2.48. The van der Waals surface area contributed by atoms with Crippen LogP contribution < -0.4 is 10.1 Å². The number of methoxy groups -OCH3 is 1. The zero-order valence-corrected chi connectivity index (χ0v) is 18.2. The molecule has 1 N–H and O–H groups in total. The number of carbonyl (C=O) groups excluding carboxylic acids is 2. The number of ether oxygens (including phenoxy) is 1. The van der Waals surface area contributed by atoms with E-state index in [0.717, 1.165) is 16.9 Å². The van der Waals surface area contributed by atoms with E-state index in [1.807, 2.05) is 56.3 Å². The van der Waals surface area contributed by atoms with E-state index in [4.69, 9.17) is 16.3 Å². The summed E-state index contributed by atoms with van der Waals surface area (Å²) in [4.78, 5) is 27.4. The van der Waals surface area contributed by atoms with Gasteiger partial charge in [0.1, 0.15) is 11.8 Å². The molecule has 156 valence electrons. The highest BCUT2D eigenvalue weighted by molar-refractivity contribution is 6.31. The lowest BCUT2D eigenvalue weighted by atomic mass is 10.1. The van der Waals surface area contributed by atoms with Crippen molar-refractivity contribution in [2.75, 3.05) is 13.7 Å². The fourth-order valence-electron chi connectivity index (χ4n) is 2.86. The summed E-state index contributed by atoms with van der Waals surface area (Å²) in [7, 11) is 1.60. The van der Waals surface area contributed by atoms with E-state index in [1.165, 1.54) is 0 Å². The number of rotatable bonds is 9. The summed E-state index contributed by atoms with van der Waals surface area (Å²) in [5.41, 5.74) is 1.66. The number of halogens is 1. The van der Waals surface area contributed by atoms with Crippen molar-refractivity contribution < 1.29 is 14.3 Å². The van der Waals surface area contributed by atoms with Crippen molar-refractivity contribution in [2.45, 2.75) is 39.8 Å². The van der Waals surface area contributed by atoms with Gasteiger partial charge in [0.05, 0.1) is 13.5 Å². The van der Waals surface area contributed by atoms with Crippen molar-refractivity contribution in [3.63, 3.8) is 0 Å². The molecule has 1 atom stereocenters. The topological polar surface area (TPSA) is 58.6 Å². The lowest BCUT2D eigenvalue weighted by molar-refractivity contribution is -0.140. The summed E-state index contributed by atoms with van der Waals surface area (Å²) < 4.78 is 5.17. The summed E-state index contributed by atoms with van der Waals surface area (Å²) >= 11 is 6.30. The van der Waals surface area contributed by atoms with Crippen LogP contribution in [0.1, 0.15) is 31.9 Å². The molecule has 0 saturated heterocycles. The standard InChI is InChI=1S/C23H29ClN2O3/c1-16(2)14-25-23(28)17(3)26(15-19-7-5-6-8-21(19)24)22(27)13-18-9-11-20(29-4)12-10-18/h5-12,16-17H,13-15H2,1-4H3,(H,25,28)/t17-/m1/s1. The Morgan fingerprint density at radius 3 is 2.31 bits per heavy atom. The summed E-state index contributed by atoms with van der Waals surface area (Å²) in [5, 5.41) is 3.49. The zero-order chi connectivity index (χ0) is 21.4. The lowest BCUT2D eigenvalue weighted by Gasteiger charge is -2.29. The largest absolute Gasteiger partial charge is 0.497 e. The Kier molecular flexibility index (Phi) is 8.52. The van der Waals surface area contributed by atoms with E-state index in [0.29, 0.717) is 17.5 Å². The normalized spacial score (nSPS) is 11.8. The van der Waals surface area contributed by atoms with Crippen LogP contribution >= 0.6 is 11.6 Å². The van der Waals surface area contributed by atoms with E-state index < -0.39 is 6.04 Å². The number of amides is 2. The van der Waals surface area contributed by atoms with Gasteiger partial charge in [-0.2, -0.15) is 0 Å². The van der Waals surface area contributed by atoms with Crippen LogP contribution in [-0.2, 0) is 22.6 Å². The molecule has 2 rings (SSSR count). The minimum atomic E-state index is -0.615. The van der Waals surface area contributed by atoms with Crippen molar-refractivity contribution >= 4 is 23.4 Å². The molecule has 6 heteroatoms. The summed E-state index contributed by atoms with van der Waals surface area (Å²) in [6.07, 6.45) is 0.191. The molecule has 0 aliphatic carbocycles. The van der Waals surface area contributed by atoms with Gasteiger partial charge in [0.15, 0.2) is 0 Å². The molecule has 0 heterocycles. The molecule has 5 nitrogen and oxygen atoms in total. The molecule has 2 amide bonds. The van der Waals surface area contributed by atoms with Gasteiger partial charge in [0, 0.05) is 18.1 Å². The Morgan fingerprint density at radius 1 is 1.07 bits per heavy atom. The third-order valence-corrected chi connectivity index (χ3v) is 5.03. The number of benzene rings is 2. The van der Waals surface area contributed by atoms with Crippen molar-refractivity contribution in [3.05, 3.63) is 64.7 Å².